The van der Waals surface area contributed by atoms with Gasteiger partial charge < -0.3 is 10.2 Å². The topological polar surface area (TPSA) is 27.6 Å². The van der Waals surface area contributed by atoms with Crippen LogP contribution in [-0.4, -0.2) is 37.3 Å². The van der Waals surface area contributed by atoms with Crippen LogP contribution in [0.4, 0.5) is 0 Å². The third-order valence-corrected chi connectivity index (χ3v) is 2.51. The molecule has 0 bridgehead atoms. The van der Waals surface area contributed by atoms with E-state index in [1.807, 2.05) is 6.20 Å². The molecule has 0 amide bonds. The lowest BCUT2D eigenvalue weighted by Crippen LogP contribution is -2.40. The summed E-state index contributed by atoms with van der Waals surface area (Å²) in [6.45, 7) is 8.94. The van der Waals surface area contributed by atoms with E-state index >= 15 is 0 Å². The summed E-state index contributed by atoms with van der Waals surface area (Å²) in [4.78, 5) is 6.07. The number of nitrogens with one attached hydrogen (secondary N) is 1. The molecule has 0 saturated carbocycles. The summed E-state index contributed by atoms with van der Waals surface area (Å²) in [5.74, 6) is 0. The Morgan fingerprint density at radius 2 is 2.23 bits per heavy atom. The molecule has 1 aliphatic rings. The second-order valence-corrected chi connectivity index (χ2v) is 3.29. The van der Waals surface area contributed by atoms with Crippen LogP contribution < -0.4 is 5.32 Å². The van der Waals surface area contributed by atoms with Crippen molar-refractivity contribution in [2.75, 3.05) is 19.6 Å². The van der Waals surface area contributed by atoms with E-state index in [9.17, 15) is 0 Å². The Balaban J connectivity index is 2.43. The van der Waals surface area contributed by atoms with Crippen molar-refractivity contribution < 1.29 is 0 Å². The molecule has 0 spiro atoms. The molecule has 1 rings (SSSR count). The molecule has 3 nitrogen and oxygen atoms in total. The third kappa shape index (κ3) is 3.19. The zero-order chi connectivity index (χ0) is 9.52. The Bertz CT molecular complexity index is 171. The van der Waals surface area contributed by atoms with Crippen molar-refractivity contribution in [3.8, 4) is 0 Å². The number of rotatable bonds is 4. The molecule has 0 aliphatic carbocycles. The van der Waals surface area contributed by atoms with Crippen LogP contribution in [0.5, 0.6) is 0 Å². The van der Waals surface area contributed by atoms with E-state index in [4.69, 9.17) is 0 Å². The monoisotopic (exact) mass is 181 g/mol. The molecule has 0 unspecified atom stereocenters. The molecule has 1 saturated heterocycles. The van der Waals surface area contributed by atoms with E-state index in [0.717, 1.165) is 19.6 Å². The lowest BCUT2D eigenvalue weighted by Gasteiger charge is -2.32. The standard InChI is InChI=1S/C10H19N3/c1-3-13(9-8-11-2)10-4-6-12-7-5-10/h8-10,12H,2-7H2,1H3/b9-8-. The predicted molar refractivity (Wildman–Crippen MR) is 57.0 cm³/mol. The SMILES string of the molecule is C=N/C=C\N(CC)C1CCNCC1. The lowest BCUT2D eigenvalue weighted by atomic mass is 10.1. The highest BCUT2D eigenvalue weighted by Crippen LogP contribution is 2.11. The van der Waals surface area contributed by atoms with Crippen molar-refractivity contribution in [3.63, 3.8) is 0 Å². The van der Waals surface area contributed by atoms with Gasteiger partial charge >= 0.3 is 0 Å². The van der Waals surface area contributed by atoms with Crippen molar-refractivity contribution in [3.05, 3.63) is 12.4 Å². The van der Waals surface area contributed by atoms with Gasteiger partial charge in [0.15, 0.2) is 0 Å². The molecule has 3 heteroatoms. The maximum Gasteiger partial charge on any atom is 0.0419 e. The second-order valence-electron chi connectivity index (χ2n) is 3.29. The Morgan fingerprint density at radius 1 is 1.54 bits per heavy atom. The predicted octanol–water partition coefficient (Wildman–Crippen LogP) is 1.23. The number of aliphatic imine (C=N–C) groups is 1. The molecule has 0 aromatic carbocycles. The minimum atomic E-state index is 0.684. The zero-order valence-electron chi connectivity index (χ0n) is 8.37. The number of hydrogen-bond donors (Lipinski definition) is 1. The Labute approximate surface area is 80.5 Å². The van der Waals surface area contributed by atoms with Crippen LogP contribution in [0.1, 0.15) is 19.8 Å². The van der Waals surface area contributed by atoms with Crippen molar-refractivity contribution in [2.24, 2.45) is 4.99 Å². The highest BCUT2D eigenvalue weighted by Gasteiger charge is 2.16. The second kappa shape index (κ2) is 5.75. The van der Waals surface area contributed by atoms with Crippen LogP contribution in [0.25, 0.3) is 0 Å². The first-order valence-electron chi connectivity index (χ1n) is 4.97. The maximum atomic E-state index is 3.73. The van der Waals surface area contributed by atoms with Crippen LogP contribution in [0, 0.1) is 0 Å². The first-order chi connectivity index (χ1) is 6.38. The largest absolute Gasteiger partial charge is 0.373 e. The van der Waals surface area contributed by atoms with Gasteiger partial charge in [-0.2, -0.15) is 0 Å². The van der Waals surface area contributed by atoms with Crippen LogP contribution in [0.2, 0.25) is 0 Å². The van der Waals surface area contributed by atoms with Gasteiger partial charge in [-0.1, -0.05) is 0 Å². The van der Waals surface area contributed by atoms with Crippen LogP contribution >= 0.6 is 0 Å². The highest BCUT2D eigenvalue weighted by atomic mass is 15.1. The molecule has 74 valence electrons. The molecule has 1 heterocycles. The van der Waals surface area contributed by atoms with Crippen molar-refractivity contribution in [1.82, 2.24) is 10.2 Å². The average molecular weight is 181 g/mol. The van der Waals surface area contributed by atoms with Gasteiger partial charge in [-0.25, -0.2) is 0 Å². The number of nitrogens with zero attached hydrogens (tertiary/aromatic N) is 2. The summed E-state index contributed by atoms with van der Waals surface area (Å²) in [5, 5.41) is 3.36. The molecular weight excluding hydrogens is 162 g/mol. The van der Waals surface area contributed by atoms with E-state index in [2.05, 4.69) is 28.9 Å². The van der Waals surface area contributed by atoms with Crippen LogP contribution in [-0.2, 0) is 0 Å². The van der Waals surface area contributed by atoms with Gasteiger partial charge in [-0.15, -0.1) is 0 Å². The maximum absolute atomic E-state index is 3.73. The van der Waals surface area contributed by atoms with Gasteiger partial charge in [-0.3, -0.25) is 4.99 Å². The Kier molecular flexibility index (Phi) is 4.54. The molecule has 1 N–H and O–H groups in total. The van der Waals surface area contributed by atoms with Gasteiger partial charge in [0, 0.05) is 25.0 Å². The van der Waals surface area contributed by atoms with E-state index < -0.39 is 0 Å². The fourth-order valence-electron chi connectivity index (χ4n) is 1.76. The summed E-state index contributed by atoms with van der Waals surface area (Å²) in [7, 11) is 0. The third-order valence-electron chi connectivity index (χ3n) is 2.51. The Morgan fingerprint density at radius 3 is 2.77 bits per heavy atom. The zero-order valence-corrected chi connectivity index (χ0v) is 8.37. The number of hydrogen-bond acceptors (Lipinski definition) is 3. The van der Waals surface area contributed by atoms with E-state index in [-0.39, 0.29) is 0 Å². The smallest absolute Gasteiger partial charge is 0.0419 e. The summed E-state index contributed by atoms with van der Waals surface area (Å²) in [6.07, 6.45) is 6.28. The summed E-state index contributed by atoms with van der Waals surface area (Å²) >= 11 is 0. The van der Waals surface area contributed by atoms with Gasteiger partial charge in [0.1, 0.15) is 0 Å². The average Bonchev–Trinajstić information content (AvgIpc) is 2.21. The Hall–Kier alpha value is -0.830. The first kappa shape index (κ1) is 10.3. The fourth-order valence-corrected chi connectivity index (χ4v) is 1.76. The molecule has 1 aliphatic heterocycles. The van der Waals surface area contributed by atoms with Crippen molar-refractivity contribution in [2.45, 2.75) is 25.8 Å². The molecule has 0 aromatic rings. The van der Waals surface area contributed by atoms with Gasteiger partial charge in [0.2, 0.25) is 0 Å². The molecule has 0 aromatic heterocycles. The molecule has 0 radical (unpaired) electrons. The van der Waals surface area contributed by atoms with Gasteiger partial charge in [0.05, 0.1) is 0 Å². The van der Waals surface area contributed by atoms with Gasteiger partial charge in [0.25, 0.3) is 0 Å². The molecule has 0 atom stereocenters. The summed E-state index contributed by atoms with van der Waals surface area (Å²) in [5.41, 5.74) is 0. The van der Waals surface area contributed by atoms with Crippen LogP contribution in [0.3, 0.4) is 0 Å². The number of piperidine rings is 1. The van der Waals surface area contributed by atoms with Crippen molar-refractivity contribution >= 4 is 6.72 Å². The van der Waals surface area contributed by atoms with Crippen LogP contribution in [0.15, 0.2) is 17.4 Å². The summed E-state index contributed by atoms with van der Waals surface area (Å²) in [6, 6.07) is 0.684. The van der Waals surface area contributed by atoms with E-state index in [0.29, 0.717) is 6.04 Å². The fraction of sp³-hybridized carbons (Fsp3) is 0.700. The lowest BCUT2D eigenvalue weighted by molar-refractivity contribution is 0.234. The quantitative estimate of drug-likeness (QED) is 0.661. The summed E-state index contributed by atoms with van der Waals surface area (Å²) < 4.78 is 0. The van der Waals surface area contributed by atoms with Gasteiger partial charge in [-0.05, 0) is 39.6 Å². The molecule has 1 fully saturated rings. The van der Waals surface area contributed by atoms with E-state index in [1.165, 1.54) is 12.8 Å². The highest BCUT2D eigenvalue weighted by molar-refractivity contribution is 5.25. The molecular formula is C10H19N3. The van der Waals surface area contributed by atoms with E-state index in [1.54, 1.807) is 6.20 Å². The minimum absolute atomic E-state index is 0.684. The minimum Gasteiger partial charge on any atom is -0.373 e. The van der Waals surface area contributed by atoms with Crippen molar-refractivity contribution in [1.29, 1.82) is 0 Å². The molecule has 13 heavy (non-hydrogen) atoms. The normalized spacial score (nSPS) is 19.2. The first-order valence-corrected chi connectivity index (χ1v) is 4.97.